The van der Waals surface area contributed by atoms with Crippen LogP contribution < -0.4 is 5.76 Å². The third kappa shape index (κ3) is 4.22. The van der Waals surface area contributed by atoms with Crippen molar-refractivity contribution in [3.63, 3.8) is 0 Å². The van der Waals surface area contributed by atoms with Gasteiger partial charge in [-0.2, -0.15) is 4.31 Å². The van der Waals surface area contributed by atoms with Crippen LogP contribution in [-0.4, -0.2) is 47.7 Å². The first-order valence-corrected chi connectivity index (χ1v) is 12.2. The summed E-state index contributed by atoms with van der Waals surface area (Å²) < 4.78 is 34.4. The molecule has 0 bridgehead atoms. The van der Waals surface area contributed by atoms with Crippen molar-refractivity contribution in [2.75, 3.05) is 19.6 Å². The number of aryl methyl sites for hydroxylation is 1. The lowest BCUT2D eigenvalue weighted by molar-refractivity contribution is -0.137. The highest BCUT2D eigenvalue weighted by Crippen LogP contribution is 2.27. The first-order valence-electron chi connectivity index (χ1n) is 10.7. The van der Waals surface area contributed by atoms with Crippen molar-refractivity contribution in [2.24, 2.45) is 13.0 Å². The van der Waals surface area contributed by atoms with Gasteiger partial charge >= 0.3 is 5.76 Å². The average Bonchev–Trinajstić information content (AvgIpc) is 3.10. The molecule has 4 rings (SSSR count). The normalized spacial score (nSPS) is 17.5. The van der Waals surface area contributed by atoms with E-state index in [4.69, 9.17) is 4.42 Å². The maximum absolute atomic E-state index is 13.3. The maximum atomic E-state index is 13.3. The molecule has 1 aliphatic rings. The van der Waals surface area contributed by atoms with Crippen LogP contribution in [0, 0.1) is 5.92 Å². The fourth-order valence-electron chi connectivity index (χ4n) is 4.19. The summed E-state index contributed by atoms with van der Waals surface area (Å²) in [4.78, 5) is 26.8. The number of fused-ring (bicyclic) bond motifs is 1. The van der Waals surface area contributed by atoms with Crippen molar-refractivity contribution in [3.8, 4) is 0 Å². The number of carbonyl (C=O) groups excluding carboxylic acids is 1. The Morgan fingerprint density at radius 3 is 2.66 bits per heavy atom. The number of aromatic nitrogens is 1. The van der Waals surface area contributed by atoms with Gasteiger partial charge in [0.2, 0.25) is 15.9 Å². The Labute approximate surface area is 187 Å². The summed E-state index contributed by atoms with van der Waals surface area (Å²) in [6, 6.07) is 14.2. The number of sulfonamides is 1. The molecular formula is C23H27N3O5S. The number of carbonyl (C=O) groups is 1. The van der Waals surface area contributed by atoms with Gasteiger partial charge in [0.15, 0.2) is 5.58 Å². The molecule has 2 aromatic carbocycles. The minimum absolute atomic E-state index is 0.0271. The predicted octanol–water partition coefficient (Wildman–Crippen LogP) is 2.58. The van der Waals surface area contributed by atoms with Crippen LogP contribution in [0.5, 0.6) is 0 Å². The maximum Gasteiger partial charge on any atom is 0.419 e. The molecule has 1 saturated heterocycles. The van der Waals surface area contributed by atoms with Gasteiger partial charge in [-0.3, -0.25) is 9.36 Å². The minimum Gasteiger partial charge on any atom is -0.408 e. The van der Waals surface area contributed by atoms with Crippen LogP contribution in [0.2, 0.25) is 0 Å². The van der Waals surface area contributed by atoms with Crippen molar-refractivity contribution in [1.82, 2.24) is 13.8 Å². The van der Waals surface area contributed by atoms with Crippen LogP contribution in [0.4, 0.5) is 0 Å². The molecule has 1 aromatic heterocycles. The number of piperidine rings is 1. The van der Waals surface area contributed by atoms with Gasteiger partial charge in [0, 0.05) is 39.3 Å². The van der Waals surface area contributed by atoms with E-state index in [1.54, 1.807) is 18.0 Å². The van der Waals surface area contributed by atoms with E-state index < -0.39 is 15.8 Å². The highest BCUT2D eigenvalue weighted by Gasteiger charge is 2.35. The number of benzene rings is 2. The SMILES string of the molecule is CCN(Cc1ccccc1)C(=O)C1CCCN(S(=O)(=O)c2ccc3c(c2)oc(=O)n3C)C1. The van der Waals surface area contributed by atoms with Crippen LogP contribution in [-0.2, 0) is 28.4 Å². The van der Waals surface area contributed by atoms with Crippen LogP contribution in [0.3, 0.4) is 0 Å². The fourth-order valence-corrected chi connectivity index (χ4v) is 5.73. The van der Waals surface area contributed by atoms with E-state index in [9.17, 15) is 18.0 Å². The lowest BCUT2D eigenvalue weighted by Gasteiger charge is -2.34. The van der Waals surface area contributed by atoms with Crippen LogP contribution in [0.25, 0.3) is 11.1 Å². The standard InChI is InChI=1S/C23H27N3O5S/c1-3-25(15-17-8-5-4-6-9-17)22(27)18-10-7-13-26(16-18)32(29,30)19-11-12-20-21(14-19)31-23(28)24(20)2/h4-6,8-9,11-12,14,18H,3,7,10,13,15-16H2,1-2H3. The van der Waals surface area contributed by atoms with Crippen LogP contribution in [0.15, 0.2) is 62.6 Å². The molecule has 0 radical (unpaired) electrons. The Hall–Kier alpha value is -2.91. The molecule has 170 valence electrons. The summed E-state index contributed by atoms with van der Waals surface area (Å²) in [6.07, 6.45) is 1.27. The third-order valence-electron chi connectivity index (χ3n) is 6.04. The van der Waals surface area contributed by atoms with Crippen molar-refractivity contribution < 1.29 is 17.6 Å². The summed E-state index contributed by atoms with van der Waals surface area (Å²) in [5.41, 5.74) is 1.80. The van der Waals surface area contributed by atoms with Gasteiger partial charge in [-0.25, -0.2) is 13.2 Å². The van der Waals surface area contributed by atoms with Crippen molar-refractivity contribution >= 4 is 27.0 Å². The molecule has 3 aromatic rings. The second-order valence-electron chi connectivity index (χ2n) is 8.10. The van der Waals surface area contributed by atoms with Crippen molar-refractivity contribution in [2.45, 2.75) is 31.2 Å². The highest BCUT2D eigenvalue weighted by atomic mass is 32.2. The number of amides is 1. The molecule has 1 amide bonds. The van der Waals surface area contributed by atoms with Crippen molar-refractivity contribution in [1.29, 1.82) is 0 Å². The zero-order valence-corrected chi connectivity index (χ0v) is 19.0. The molecule has 8 nitrogen and oxygen atoms in total. The molecule has 0 saturated carbocycles. The summed E-state index contributed by atoms with van der Waals surface area (Å²) in [7, 11) is -2.26. The summed E-state index contributed by atoms with van der Waals surface area (Å²) in [5.74, 6) is -0.961. The van der Waals surface area contributed by atoms with E-state index in [1.165, 1.54) is 21.0 Å². The van der Waals surface area contributed by atoms with Crippen molar-refractivity contribution in [3.05, 3.63) is 64.6 Å². The van der Waals surface area contributed by atoms with E-state index >= 15 is 0 Å². The molecule has 1 fully saturated rings. The van der Waals surface area contributed by atoms with E-state index in [0.717, 1.165) is 5.56 Å². The molecule has 0 N–H and O–H groups in total. The van der Waals surface area contributed by atoms with E-state index in [1.807, 2.05) is 37.3 Å². The molecule has 0 aliphatic carbocycles. The Kier molecular flexibility index (Phi) is 6.21. The van der Waals surface area contributed by atoms with Gasteiger partial charge < -0.3 is 9.32 Å². The first-order chi connectivity index (χ1) is 15.3. The smallest absolute Gasteiger partial charge is 0.408 e. The summed E-state index contributed by atoms with van der Waals surface area (Å²) >= 11 is 0. The fraction of sp³-hybridized carbons (Fsp3) is 0.391. The van der Waals surface area contributed by atoms with E-state index in [0.29, 0.717) is 38.0 Å². The lowest BCUT2D eigenvalue weighted by Crippen LogP contribution is -2.46. The summed E-state index contributed by atoms with van der Waals surface area (Å²) in [5, 5.41) is 0. The predicted molar refractivity (Wildman–Crippen MR) is 120 cm³/mol. The van der Waals surface area contributed by atoms with E-state index in [-0.39, 0.29) is 28.8 Å². The zero-order chi connectivity index (χ0) is 22.9. The molecule has 9 heteroatoms. The monoisotopic (exact) mass is 457 g/mol. The quantitative estimate of drug-likeness (QED) is 0.567. The molecule has 1 unspecified atom stereocenters. The average molecular weight is 458 g/mol. The van der Waals surface area contributed by atoms with Crippen LogP contribution >= 0.6 is 0 Å². The third-order valence-corrected chi connectivity index (χ3v) is 7.91. The number of oxazole rings is 1. The summed E-state index contributed by atoms with van der Waals surface area (Å²) in [6.45, 7) is 3.49. The second kappa shape index (κ2) is 8.91. The first kappa shape index (κ1) is 22.3. The van der Waals surface area contributed by atoms with Gasteiger partial charge in [-0.15, -0.1) is 0 Å². The van der Waals surface area contributed by atoms with Crippen LogP contribution in [0.1, 0.15) is 25.3 Å². The van der Waals surface area contributed by atoms with Gasteiger partial charge in [-0.05, 0) is 37.5 Å². The van der Waals surface area contributed by atoms with Gasteiger partial charge in [0.05, 0.1) is 16.3 Å². The topological polar surface area (TPSA) is 92.8 Å². The lowest BCUT2D eigenvalue weighted by atomic mass is 9.98. The van der Waals surface area contributed by atoms with Gasteiger partial charge in [0.25, 0.3) is 0 Å². The molecule has 1 atom stereocenters. The number of hydrogen-bond acceptors (Lipinski definition) is 5. The second-order valence-corrected chi connectivity index (χ2v) is 10.0. The Morgan fingerprint density at radius 1 is 1.19 bits per heavy atom. The Bertz CT molecular complexity index is 1280. The molecular weight excluding hydrogens is 430 g/mol. The number of nitrogens with zero attached hydrogens (tertiary/aromatic N) is 3. The Morgan fingerprint density at radius 2 is 1.94 bits per heavy atom. The van der Waals surface area contributed by atoms with E-state index in [2.05, 4.69) is 0 Å². The highest BCUT2D eigenvalue weighted by molar-refractivity contribution is 7.89. The zero-order valence-electron chi connectivity index (χ0n) is 18.2. The van der Waals surface area contributed by atoms with Gasteiger partial charge in [-0.1, -0.05) is 30.3 Å². The number of hydrogen-bond donors (Lipinski definition) is 0. The molecule has 1 aliphatic heterocycles. The largest absolute Gasteiger partial charge is 0.419 e. The Balaban J connectivity index is 1.53. The minimum atomic E-state index is -3.82. The molecule has 0 spiro atoms. The molecule has 32 heavy (non-hydrogen) atoms. The molecule has 2 heterocycles. The number of rotatable bonds is 6. The van der Waals surface area contributed by atoms with Gasteiger partial charge in [0.1, 0.15) is 0 Å².